The van der Waals surface area contributed by atoms with Gasteiger partial charge in [-0.25, -0.2) is 4.79 Å². The molecule has 29 heavy (non-hydrogen) atoms. The summed E-state index contributed by atoms with van der Waals surface area (Å²) in [7, 11) is 0. The van der Waals surface area contributed by atoms with Gasteiger partial charge < -0.3 is 19.7 Å². The molecule has 1 aromatic heterocycles. The normalized spacial score (nSPS) is 13.6. The second-order valence-electron chi connectivity index (χ2n) is 8.22. The van der Waals surface area contributed by atoms with E-state index in [-0.39, 0.29) is 18.6 Å². The average molecular weight is 400 g/mol. The maximum absolute atomic E-state index is 12.4. The molecule has 0 atom stereocenters. The Morgan fingerprint density at radius 2 is 2.03 bits per heavy atom. The quantitative estimate of drug-likeness (QED) is 0.821. The highest BCUT2D eigenvalue weighted by molar-refractivity contribution is 5.91. The highest BCUT2D eigenvalue weighted by atomic mass is 16.6. The summed E-state index contributed by atoms with van der Waals surface area (Å²) in [6.07, 6.45) is 0.246. The highest BCUT2D eigenvalue weighted by Gasteiger charge is 2.29. The van der Waals surface area contributed by atoms with Crippen molar-refractivity contribution in [1.82, 2.24) is 15.1 Å². The lowest BCUT2D eigenvalue weighted by atomic mass is 10.1. The predicted octanol–water partition coefficient (Wildman–Crippen LogP) is 3.34. The second-order valence-corrected chi connectivity index (χ2v) is 8.22. The lowest BCUT2D eigenvalue weighted by molar-refractivity contribution is -0.118. The number of aromatic nitrogens is 2. The van der Waals surface area contributed by atoms with Crippen LogP contribution in [0.2, 0.25) is 0 Å². The summed E-state index contributed by atoms with van der Waals surface area (Å²) in [5.41, 5.74) is 3.26. The summed E-state index contributed by atoms with van der Waals surface area (Å²) < 4.78 is 11.1. The number of benzene rings is 1. The van der Waals surface area contributed by atoms with Gasteiger partial charge in [0.05, 0.1) is 6.54 Å². The molecule has 2 N–H and O–H groups in total. The number of rotatable bonds is 4. The monoisotopic (exact) mass is 400 g/mol. The van der Waals surface area contributed by atoms with Gasteiger partial charge in [0.15, 0.2) is 12.4 Å². The maximum atomic E-state index is 12.4. The fourth-order valence-corrected chi connectivity index (χ4v) is 3.07. The summed E-state index contributed by atoms with van der Waals surface area (Å²) in [5, 5.41) is 9.92. The average Bonchev–Trinajstić information content (AvgIpc) is 3.03. The third-order valence-corrected chi connectivity index (χ3v) is 4.76. The Morgan fingerprint density at radius 3 is 2.76 bits per heavy atom. The molecule has 156 valence electrons. The van der Waals surface area contributed by atoms with Gasteiger partial charge in [0.1, 0.15) is 11.4 Å². The fraction of sp³-hybridized carbons (Fsp3) is 0.476. The van der Waals surface area contributed by atoms with Crippen LogP contribution in [0.5, 0.6) is 5.75 Å². The van der Waals surface area contributed by atoms with Gasteiger partial charge in [-0.2, -0.15) is 5.10 Å². The number of ether oxygens (including phenoxy) is 2. The minimum Gasteiger partial charge on any atom is -0.483 e. The molecule has 0 radical (unpaired) electrons. The first-order chi connectivity index (χ1) is 13.6. The van der Waals surface area contributed by atoms with Crippen molar-refractivity contribution >= 4 is 17.8 Å². The summed E-state index contributed by atoms with van der Waals surface area (Å²) in [5.74, 6) is 0.790. The van der Waals surface area contributed by atoms with Crippen LogP contribution in [-0.4, -0.2) is 45.9 Å². The van der Waals surface area contributed by atoms with Crippen molar-refractivity contribution < 1.29 is 19.1 Å². The standard InChI is InChI=1S/C21H28N4O4/c1-13-7-6-8-17(14(13)2)28-12-18(26)22-19-15-11-25(10-9-16(15)23-24-19)20(27)29-21(3,4)5/h6-8H,9-12H2,1-5H3,(H2,22,23,24,26). The summed E-state index contributed by atoms with van der Waals surface area (Å²) in [6.45, 7) is 10.2. The highest BCUT2D eigenvalue weighted by Crippen LogP contribution is 2.25. The van der Waals surface area contributed by atoms with Gasteiger partial charge in [-0.1, -0.05) is 12.1 Å². The number of aromatic amines is 1. The molecule has 2 aromatic rings. The minimum atomic E-state index is -0.559. The first-order valence-corrected chi connectivity index (χ1v) is 9.67. The van der Waals surface area contributed by atoms with E-state index in [2.05, 4.69) is 15.5 Å². The molecule has 0 unspecified atom stereocenters. The molecule has 8 nitrogen and oxygen atoms in total. The smallest absolute Gasteiger partial charge is 0.410 e. The molecule has 1 aliphatic heterocycles. The van der Waals surface area contributed by atoms with Gasteiger partial charge in [-0.05, 0) is 51.8 Å². The van der Waals surface area contributed by atoms with E-state index >= 15 is 0 Å². The number of amides is 2. The van der Waals surface area contributed by atoms with E-state index in [4.69, 9.17) is 9.47 Å². The number of fused-ring (bicyclic) bond motifs is 1. The van der Waals surface area contributed by atoms with Gasteiger partial charge in [0.2, 0.25) is 0 Å². The number of hydrogen-bond donors (Lipinski definition) is 2. The molecule has 0 saturated heterocycles. The summed E-state index contributed by atoms with van der Waals surface area (Å²) in [4.78, 5) is 26.4. The van der Waals surface area contributed by atoms with Crippen molar-refractivity contribution in [3.05, 3.63) is 40.6 Å². The zero-order valence-electron chi connectivity index (χ0n) is 17.6. The van der Waals surface area contributed by atoms with Gasteiger partial charge in [0.25, 0.3) is 5.91 Å². The lowest BCUT2D eigenvalue weighted by Crippen LogP contribution is -2.40. The number of aryl methyl sites for hydroxylation is 1. The van der Waals surface area contributed by atoms with Crippen LogP contribution < -0.4 is 10.1 Å². The number of nitrogens with one attached hydrogen (secondary N) is 2. The van der Waals surface area contributed by atoms with Crippen molar-refractivity contribution in [3.63, 3.8) is 0 Å². The van der Waals surface area contributed by atoms with E-state index in [1.165, 1.54) is 0 Å². The molecule has 1 aliphatic rings. The third kappa shape index (κ3) is 5.07. The number of carbonyl (C=O) groups excluding carboxylic acids is 2. The molecule has 3 rings (SSSR count). The van der Waals surface area contributed by atoms with E-state index in [9.17, 15) is 9.59 Å². The molecule has 1 aromatic carbocycles. The SMILES string of the molecule is Cc1cccc(OCC(=O)Nc2n[nH]c3c2CN(C(=O)OC(C)(C)C)CC3)c1C. The van der Waals surface area contributed by atoms with Crippen LogP contribution in [0, 0.1) is 13.8 Å². The van der Waals surface area contributed by atoms with Crippen LogP contribution in [0.25, 0.3) is 0 Å². The molecule has 0 fully saturated rings. The number of nitrogens with zero attached hydrogens (tertiary/aromatic N) is 2. The Morgan fingerprint density at radius 1 is 1.28 bits per heavy atom. The van der Waals surface area contributed by atoms with Crippen molar-refractivity contribution in [1.29, 1.82) is 0 Å². The molecular weight excluding hydrogens is 372 g/mol. The number of carbonyl (C=O) groups is 2. The first-order valence-electron chi connectivity index (χ1n) is 9.67. The zero-order chi connectivity index (χ0) is 21.2. The van der Waals surface area contributed by atoms with Crippen LogP contribution in [0.15, 0.2) is 18.2 Å². The Bertz CT molecular complexity index is 914. The van der Waals surface area contributed by atoms with Crippen LogP contribution in [0.4, 0.5) is 10.6 Å². The largest absolute Gasteiger partial charge is 0.483 e. The van der Waals surface area contributed by atoms with Gasteiger partial charge in [0, 0.05) is 24.2 Å². The summed E-state index contributed by atoms with van der Waals surface area (Å²) in [6, 6.07) is 5.73. The fourth-order valence-electron chi connectivity index (χ4n) is 3.07. The van der Waals surface area contributed by atoms with E-state index < -0.39 is 5.60 Å². The Hall–Kier alpha value is -3.03. The van der Waals surface area contributed by atoms with E-state index in [1.54, 1.807) is 4.90 Å². The Kier molecular flexibility index (Phi) is 5.81. The molecular formula is C21H28N4O4. The number of anilines is 1. The molecule has 8 heteroatoms. The van der Waals surface area contributed by atoms with Gasteiger partial charge in [-0.15, -0.1) is 0 Å². The minimum absolute atomic E-state index is 0.123. The molecule has 0 aliphatic carbocycles. The Balaban J connectivity index is 1.62. The van der Waals surface area contributed by atoms with Crippen molar-refractivity contribution in [2.45, 2.75) is 53.2 Å². The lowest BCUT2D eigenvalue weighted by Gasteiger charge is -2.30. The van der Waals surface area contributed by atoms with Crippen LogP contribution in [-0.2, 0) is 22.5 Å². The predicted molar refractivity (Wildman–Crippen MR) is 109 cm³/mol. The number of H-pyrrole nitrogens is 1. The molecule has 0 spiro atoms. The molecule has 0 saturated carbocycles. The molecule has 2 amide bonds. The van der Waals surface area contributed by atoms with Crippen LogP contribution in [0.1, 0.15) is 43.2 Å². The van der Waals surface area contributed by atoms with Crippen LogP contribution >= 0.6 is 0 Å². The van der Waals surface area contributed by atoms with Crippen molar-refractivity contribution in [3.8, 4) is 5.75 Å². The molecule has 0 bridgehead atoms. The summed E-state index contributed by atoms with van der Waals surface area (Å²) >= 11 is 0. The Labute approximate surface area is 170 Å². The van der Waals surface area contributed by atoms with E-state index in [0.29, 0.717) is 31.1 Å². The van der Waals surface area contributed by atoms with E-state index in [0.717, 1.165) is 22.4 Å². The second kappa shape index (κ2) is 8.14. The topological polar surface area (TPSA) is 96.5 Å². The van der Waals surface area contributed by atoms with E-state index in [1.807, 2.05) is 52.8 Å². The van der Waals surface area contributed by atoms with Crippen molar-refractivity contribution in [2.24, 2.45) is 0 Å². The van der Waals surface area contributed by atoms with Gasteiger partial charge in [-0.3, -0.25) is 9.89 Å². The first kappa shape index (κ1) is 20.7. The van der Waals surface area contributed by atoms with Crippen molar-refractivity contribution in [2.75, 3.05) is 18.5 Å². The third-order valence-electron chi connectivity index (χ3n) is 4.76. The number of hydrogen-bond acceptors (Lipinski definition) is 5. The zero-order valence-corrected chi connectivity index (χ0v) is 17.6. The maximum Gasteiger partial charge on any atom is 0.410 e. The molecule has 2 heterocycles. The van der Waals surface area contributed by atoms with Crippen LogP contribution in [0.3, 0.4) is 0 Å². The van der Waals surface area contributed by atoms with Gasteiger partial charge >= 0.3 is 6.09 Å².